The number of imide groups is 1. The van der Waals surface area contributed by atoms with Crippen molar-refractivity contribution in [3.63, 3.8) is 0 Å². The van der Waals surface area contributed by atoms with Gasteiger partial charge in [0.15, 0.2) is 5.16 Å². The summed E-state index contributed by atoms with van der Waals surface area (Å²) < 4.78 is 6.39. The van der Waals surface area contributed by atoms with Crippen molar-refractivity contribution >= 4 is 23.8 Å². The van der Waals surface area contributed by atoms with E-state index in [-0.39, 0.29) is 12.4 Å². The molecule has 1 heterocycles. The van der Waals surface area contributed by atoms with Gasteiger partial charge < -0.3 is 9.30 Å². The van der Waals surface area contributed by atoms with Crippen LogP contribution in [0.5, 0.6) is 0 Å². The van der Waals surface area contributed by atoms with E-state index in [4.69, 9.17) is 0 Å². The molecule has 7 nitrogen and oxygen atoms in total. The molecular formula is C9H14N4O3S. The monoisotopic (exact) mass is 258 g/mol. The van der Waals surface area contributed by atoms with Crippen LogP contribution in [-0.2, 0) is 16.1 Å². The molecule has 1 N–H and O–H groups in total. The molecule has 0 aliphatic carbocycles. The van der Waals surface area contributed by atoms with E-state index in [1.165, 1.54) is 11.8 Å². The summed E-state index contributed by atoms with van der Waals surface area (Å²) in [6.07, 6.45) is 0.862. The Balaban J connectivity index is 2.35. The highest BCUT2D eigenvalue weighted by atomic mass is 32.2. The third-order valence-electron chi connectivity index (χ3n) is 1.77. The summed E-state index contributed by atoms with van der Waals surface area (Å²) in [4.78, 5) is 22.3. The molecule has 0 radical (unpaired) electrons. The number of nitrogens with one attached hydrogen (secondary N) is 1. The topological polar surface area (TPSA) is 86.1 Å². The fourth-order valence-corrected chi connectivity index (χ4v) is 1.80. The van der Waals surface area contributed by atoms with E-state index in [9.17, 15) is 9.59 Å². The Morgan fingerprint density at radius 3 is 2.94 bits per heavy atom. The average molecular weight is 258 g/mol. The second-order valence-corrected chi connectivity index (χ2v) is 3.90. The molecule has 2 amide bonds. The Labute approximate surface area is 103 Å². The van der Waals surface area contributed by atoms with Gasteiger partial charge in [-0.05, 0) is 13.8 Å². The Hall–Kier alpha value is -1.57. The maximum atomic E-state index is 11.3. The minimum Gasteiger partial charge on any atom is -0.450 e. The standard InChI is InChI=1S/C9H14N4O3S/c1-3-13-6-10-12-8(13)17-5-7(14)11-9(15)16-4-2/h6H,3-5H2,1-2H3,(H,11,14,15). The molecule has 0 aromatic carbocycles. The molecular weight excluding hydrogens is 244 g/mol. The molecule has 94 valence electrons. The van der Waals surface area contributed by atoms with E-state index in [0.717, 1.165) is 6.54 Å². The molecule has 0 unspecified atom stereocenters. The molecule has 1 aromatic heterocycles. The van der Waals surface area contributed by atoms with Crippen LogP contribution < -0.4 is 5.32 Å². The third kappa shape index (κ3) is 4.43. The zero-order valence-electron chi connectivity index (χ0n) is 9.67. The molecule has 0 aliphatic heterocycles. The number of hydrogen-bond donors (Lipinski definition) is 1. The van der Waals surface area contributed by atoms with Gasteiger partial charge in [-0.15, -0.1) is 10.2 Å². The van der Waals surface area contributed by atoms with Gasteiger partial charge in [-0.1, -0.05) is 11.8 Å². The average Bonchev–Trinajstić information content (AvgIpc) is 2.73. The molecule has 1 aromatic rings. The second-order valence-electron chi connectivity index (χ2n) is 2.96. The predicted octanol–water partition coefficient (Wildman–Crippen LogP) is 0.663. The van der Waals surface area contributed by atoms with Crippen molar-refractivity contribution in [2.75, 3.05) is 12.4 Å². The highest BCUT2D eigenvalue weighted by Gasteiger charge is 2.11. The van der Waals surface area contributed by atoms with Crippen molar-refractivity contribution in [3.8, 4) is 0 Å². The summed E-state index contributed by atoms with van der Waals surface area (Å²) in [6, 6.07) is 0. The molecule has 0 spiro atoms. The van der Waals surface area contributed by atoms with Gasteiger partial charge in [0.2, 0.25) is 5.91 Å². The Morgan fingerprint density at radius 2 is 2.29 bits per heavy atom. The number of carbonyl (C=O) groups excluding carboxylic acids is 2. The first kappa shape index (κ1) is 13.5. The molecule has 8 heteroatoms. The zero-order valence-corrected chi connectivity index (χ0v) is 10.5. The van der Waals surface area contributed by atoms with Crippen molar-refractivity contribution in [2.45, 2.75) is 25.5 Å². The van der Waals surface area contributed by atoms with Gasteiger partial charge >= 0.3 is 6.09 Å². The van der Waals surface area contributed by atoms with Crippen LogP contribution >= 0.6 is 11.8 Å². The first-order valence-corrected chi connectivity index (χ1v) is 6.13. The van der Waals surface area contributed by atoms with E-state index in [0.29, 0.717) is 5.16 Å². The quantitative estimate of drug-likeness (QED) is 0.781. The lowest BCUT2D eigenvalue weighted by atomic mass is 10.7. The number of amides is 2. The molecule has 0 aliphatic rings. The molecule has 0 fully saturated rings. The van der Waals surface area contributed by atoms with E-state index >= 15 is 0 Å². The fourth-order valence-electron chi connectivity index (χ4n) is 1.02. The van der Waals surface area contributed by atoms with Crippen molar-refractivity contribution in [3.05, 3.63) is 6.33 Å². The first-order chi connectivity index (χ1) is 8.17. The van der Waals surface area contributed by atoms with Crippen molar-refractivity contribution in [2.24, 2.45) is 0 Å². The number of thioether (sulfide) groups is 1. The van der Waals surface area contributed by atoms with Gasteiger partial charge in [-0.3, -0.25) is 10.1 Å². The van der Waals surface area contributed by atoms with Gasteiger partial charge in [0, 0.05) is 6.54 Å². The number of ether oxygens (including phenoxy) is 1. The van der Waals surface area contributed by atoms with Crippen LogP contribution in [0, 0.1) is 0 Å². The smallest absolute Gasteiger partial charge is 0.413 e. The van der Waals surface area contributed by atoms with Gasteiger partial charge in [0.25, 0.3) is 0 Å². The number of carbonyl (C=O) groups is 2. The Kier molecular flexibility index (Phi) is 5.47. The number of hydrogen-bond acceptors (Lipinski definition) is 6. The van der Waals surface area contributed by atoms with Crippen LogP contribution in [0.3, 0.4) is 0 Å². The lowest BCUT2D eigenvalue weighted by Crippen LogP contribution is -2.32. The summed E-state index contributed by atoms with van der Waals surface area (Å²) in [7, 11) is 0. The van der Waals surface area contributed by atoms with E-state index in [1.54, 1.807) is 13.3 Å². The molecule has 0 saturated heterocycles. The molecule has 1 rings (SSSR count). The van der Waals surface area contributed by atoms with Gasteiger partial charge in [0.05, 0.1) is 12.4 Å². The van der Waals surface area contributed by atoms with Gasteiger partial charge in [0.1, 0.15) is 6.33 Å². The van der Waals surface area contributed by atoms with Crippen LogP contribution in [0.4, 0.5) is 4.79 Å². The molecule has 0 atom stereocenters. The summed E-state index contributed by atoms with van der Waals surface area (Å²) >= 11 is 1.22. The summed E-state index contributed by atoms with van der Waals surface area (Å²) in [5, 5.41) is 10.3. The third-order valence-corrected chi connectivity index (χ3v) is 2.75. The minimum atomic E-state index is -0.727. The van der Waals surface area contributed by atoms with E-state index in [1.807, 2.05) is 11.5 Å². The van der Waals surface area contributed by atoms with Crippen LogP contribution in [0.15, 0.2) is 11.5 Å². The van der Waals surface area contributed by atoms with Crippen LogP contribution in [0.2, 0.25) is 0 Å². The van der Waals surface area contributed by atoms with E-state index < -0.39 is 12.0 Å². The van der Waals surface area contributed by atoms with Crippen LogP contribution in [0.1, 0.15) is 13.8 Å². The summed E-state index contributed by atoms with van der Waals surface area (Å²) in [5.74, 6) is -0.323. The highest BCUT2D eigenvalue weighted by molar-refractivity contribution is 7.99. The number of aromatic nitrogens is 3. The molecule has 0 bridgehead atoms. The lowest BCUT2D eigenvalue weighted by Gasteiger charge is -2.04. The predicted molar refractivity (Wildman–Crippen MR) is 61.6 cm³/mol. The zero-order chi connectivity index (χ0) is 12.7. The SMILES string of the molecule is CCOC(=O)NC(=O)CSc1nncn1CC. The molecule has 0 saturated carbocycles. The second kappa shape index (κ2) is 6.89. The van der Waals surface area contributed by atoms with Crippen molar-refractivity contribution in [1.29, 1.82) is 0 Å². The van der Waals surface area contributed by atoms with Crippen molar-refractivity contribution < 1.29 is 14.3 Å². The van der Waals surface area contributed by atoms with Gasteiger partial charge in [-0.2, -0.15) is 0 Å². The van der Waals surface area contributed by atoms with Gasteiger partial charge in [-0.25, -0.2) is 4.79 Å². The normalized spacial score (nSPS) is 10.0. The first-order valence-electron chi connectivity index (χ1n) is 5.14. The van der Waals surface area contributed by atoms with Crippen LogP contribution in [0.25, 0.3) is 0 Å². The maximum Gasteiger partial charge on any atom is 0.413 e. The Bertz CT molecular complexity index is 393. The number of alkyl carbamates (subject to hydrolysis) is 1. The minimum absolute atomic E-state index is 0.0947. The largest absolute Gasteiger partial charge is 0.450 e. The maximum absolute atomic E-state index is 11.3. The lowest BCUT2D eigenvalue weighted by molar-refractivity contribution is -0.117. The molecule has 17 heavy (non-hydrogen) atoms. The summed E-state index contributed by atoms with van der Waals surface area (Å²) in [5.41, 5.74) is 0. The highest BCUT2D eigenvalue weighted by Crippen LogP contribution is 2.13. The Morgan fingerprint density at radius 1 is 1.53 bits per heavy atom. The van der Waals surface area contributed by atoms with E-state index in [2.05, 4.69) is 20.3 Å². The van der Waals surface area contributed by atoms with Crippen LogP contribution in [-0.4, -0.2) is 39.1 Å². The fraction of sp³-hybridized carbons (Fsp3) is 0.556. The number of rotatable bonds is 5. The van der Waals surface area contributed by atoms with Crippen molar-refractivity contribution in [1.82, 2.24) is 20.1 Å². The number of aryl methyl sites for hydroxylation is 1. The summed E-state index contributed by atoms with van der Waals surface area (Å²) in [6.45, 7) is 4.58. The number of nitrogens with zero attached hydrogens (tertiary/aromatic N) is 3.